The molecule has 2 N–H and O–H groups in total. The summed E-state index contributed by atoms with van der Waals surface area (Å²) < 4.78 is 0. The van der Waals surface area contributed by atoms with Gasteiger partial charge >= 0.3 is 0 Å². The molecule has 2 aromatic rings. The molecule has 110 valence electrons. The molecule has 0 saturated heterocycles. The third-order valence-electron chi connectivity index (χ3n) is 2.87. The van der Waals surface area contributed by atoms with E-state index in [9.17, 15) is 4.79 Å². The molecule has 2 heterocycles. The standard InChI is InChI=1S/C16H20N4O/c1-12(2)8-20-16(21)13-7-15(10-17-9-13)19-11-14-5-3-4-6-18-14/h3-7,9-10,12,19H,8,11H2,1-2H3,(H,20,21). The van der Waals surface area contributed by atoms with Gasteiger partial charge in [0.15, 0.2) is 0 Å². The number of hydrogen-bond donors (Lipinski definition) is 2. The number of nitrogens with one attached hydrogen (secondary N) is 2. The lowest BCUT2D eigenvalue weighted by molar-refractivity contribution is 0.0948. The van der Waals surface area contributed by atoms with Crippen LogP contribution in [0.15, 0.2) is 42.9 Å². The summed E-state index contributed by atoms with van der Waals surface area (Å²) in [6.07, 6.45) is 5.02. The Bertz CT molecular complexity index is 584. The predicted octanol–water partition coefficient (Wildman–Crippen LogP) is 2.47. The van der Waals surface area contributed by atoms with Gasteiger partial charge in [-0.15, -0.1) is 0 Å². The number of aromatic nitrogens is 2. The number of nitrogens with zero attached hydrogens (tertiary/aromatic N) is 2. The van der Waals surface area contributed by atoms with Crippen molar-refractivity contribution in [2.24, 2.45) is 5.92 Å². The molecule has 0 bridgehead atoms. The van der Waals surface area contributed by atoms with Crippen molar-refractivity contribution in [1.82, 2.24) is 15.3 Å². The van der Waals surface area contributed by atoms with Gasteiger partial charge in [0.05, 0.1) is 23.5 Å². The first-order valence-electron chi connectivity index (χ1n) is 7.02. The van der Waals surface area contributed by atoms with Gasteiger partial charge in [0, 0.05) is 25.1 Å². The van der Waals surface area contributed by atoms with Crippen molar-refractivity contribution in [3.8, 4) is 0 Å². The maximum absolute atomic E-state index is 12.0. The highest BCUT2D eigenvalue weighted by Crippen LogP contribution is 2.10. The Morgan fingerprint density at radius 3 is 2.86 bits per heavy atom. The Hall–Kier alpha value is -2.43. The largest absolute Gasteiger partial charge is 0.378 e. The first-order chi connectivity index (χ1) is 10.1. The number of anilines is 1. The number of rotatable bonds is 6. The normalized spacial score (nSPS) is 10.4. The monoisotopic (exact) mass is 284 g/mol. The number of hydrogen-bond acceptors (Lipinski definition) is 4. The molecule has 2 aromatic heterocycles. The molecule has 0 spiro atoms. The minimum Gasteiger partial charge on any atom is -0.378 e. The molecule has 0 aromatic carbocycles. The number of pyridine rings is 2. The van der Waals surface area contributed by atoms with Gasteiger partial charge in [-0.05, 0) is 24.1 Å². The van der Waals surface area contributed by atoms with Crippen molar-refractivity contribution in [2.75, 3.05) is 11.9 Å². The van der Waals surface area contributed by atoms with E-state index in [4.69, 9.17) is 0 Å². The molecule has 5 heteroatoms. The van der Waals surface area contributed by atoms with Gasteiger partial charge in [-0.3, -0.25) is 14.8 Å². The molecule has 1 amide bonds. The Labute approximate surface area is 124 Å². The number of carbonyl (C=O) groups is 1. The van der Waals surface area contributed by atoms with E-state index in [1.807, 2.05) is 18.2 Å². The molecule has 0 atom stereocenters. The molecule has 0 saturated carbocycles. The molecule has 0 unspecified atom stereocenters. The quantitative estimate of drug-likeness (QED) is 0.855. The van der Waals surface area contributed by atoms with Gasteiger partial charge < -0.3 is 10.6 Å². The smallest absolute Gasteiger partial charge is 0.252 e. The summed E-state index contributed by atoms with van der Waals surface area (Å²) >= 11 is 0. The van der Waals surface area contributed by atoms with Crippen LogP contribution in [0.5, 0.6) is 0 Å². The SMILES string of the molecule is CC(C)CNC(=O)c1cncc(NCc2ccccn2)c1. The fraction of sp³-hybridized carbons (Fsp3) is 0.312. The first-order valence-corrected chi connectivity index (χ1v) is 7.02. The van der Waals surface area contributed by atoms with Crippen LogP contribution in [0.25, 0.3) is 0 Å². The van der Waals surface area contributed by atoms with E-state index in [0.717, 1.165) is 11.4 Å². The van der Waals surface area contributed by atoms with E-state index in [-0.39, 0.29) is 5.91 Å². The lowest BCUT2D eigenvalue weighted by Gasteiger charge is -2.09. The zero-order valence-electron chi connectivity index (χ0n) is 12.3. The Balaban J connectivity index is 1.96. The van der Waals surface area contributed by atoms with Crippen LogP contribution in [0.4, 0.5) is 5.69 Å². The minimum atomic E-state index is -0.0994. The van der Waals surface area contributed by atoms with Crippen molar-refractivity contribution in [3.05, 3.63) is 54.1 Å². The maximum Gasteiger partial charge on any atom is 0.252 e. The lowest BCUT2D eigenvalue weighted by Crippen LogP contribution is -2.27. The summed E-state index contributed by atoms with van der Waals surface area (Å²) in [5, 5.41) is 6.10. The summed E-state index contributed by atoms with van der Waals surface area (Å²) in [6, 6.07) is 7.56. The van der Waals surface area contributed by atoms with Crippen molar-refractivity contribution < 1.29 is 4.79 Å². The summed E-state index contributed by atoms with van der Waals surface area (Å²) in [5.41, 5.74) is 2.30. The van der Waals surface area contributed by atoms with Gasteiger partial charge in [0.2, 0.25) is 0 Å². The number of carbonyl (C=O) groups excluding carboxylic acids is 1. The van der Waals surface area contributed by atoms with Crippen molar-refractivity contribution in [2.45, 2.75) is 20.4 Å². The highest BCUT2D eigenvalue weighted by Gasteiger charge is 2.07. The van der Waals surface area contributed by atoms with E-state index in [1.54, 1.807) is 24.7 Å². The van der Waals surface area contributed by atoms with Crippen LogP contribution in [0.2, 0.25) is 0 Å². The molecule has 0 aliphatic rings. The first kappa shape index (κ1) is 15.0. The summed E-state index contributed by atoms with van der Waals surface area (Å²) in [6.45, 7) is 5.37. The van der Waals surface area contributed by atoms with E-state index in [1.165, 1.54) is 0 Å². The molecule has 0 aliphatic carbocycles. The summed E-state index contributed by atoms with van der Waals surface area (Å²) in [4.78, 5) is 20.3. The van der Waals surface area contributed by atoms with Crippen LogP contribution < -0.4 is 10.6 Å². The second kappa shape index (κ2) is 7.38. The zero-order chi connectivity index (χ0) is 15.1. The third kappa shape index (κ3) is 4.87. The van der Waals surface area contributed by atoms with Crippen molar-refractivity contribution in [3.63, 3.8) is 0 Å². The molecule has 0 fully saturated rings. The third-order valence-corrected chi connectivity index (χ3v) is 2.87. The lowest BCUT2D eigenvalue weighted by atomic mass is 10.2. The number of amides is 1. The fourth-order valence-electron chi connectivity index (χ4n) is 1.75. The predicted molar refractivity (Wildman–Crippen MR) is 83.0 cm³/mol. The molecule has 2 rings (SSSR count). The fourth-order valence-corrected chi connectivity index (χ4v) is 1.75. The molecule has 0 aliphatic heterocycles. The van der Waals surface area contributed by atoms with E-state index in [0.29, 0.717) is 24.6 Å². The van der Waals surface area contributed by atoms with Crippen molar-refractivity contribution in [1.29, 1.82) is 0 Å². The van der Waals surface area contributed by atoms with E-state index < -0.39 is 0 Å². The van der Waals surface area contributed by atoms with Crippen LogP contribution in [-0.4, -0.2) is 22.4 Å². The van der Waals surface area contributed by atoms with Crippen LogP contribution in [-0.2, 0) is 6.54 Å². The van der Waals surface area contributed by atoms with Crippen LogP contribution in [0.3, 0.4) is 0 Å². The average Bonchev–Trinajstić information content (AvgIpc) is 2.52. The zero-order valence-corrected chi connectivity index (χ0v) is 12.3. The second-order valence-electron chi connectivity index (χ2n) is 5.24. The van der Waals surface area contributed by atoms with Gasteiger partial charge in [-0.2, -0.15) is 0 Å². The highest BCUT2D eigenvalue weighted by atomic mass is 16.1. The van der Waals surface area contributed by atoms with Crippen LogP contribution >= 0.6 is 0 Å². The topological polar surface area (TPSA) is 66.9 Å². The van der Waals surface area contributed by atoms with Gasteiger partial charge in [-0.1, -0.05) is 19.9 Å². The molecule has 0 radical (unpaired) electrons. The van der Waals surface area contributed by atoms with Gasteiger partial charge in [-0.25, -0.2) is 0 Å². The Morgan fingerprint density at radius 1 is 1.29 bits per heavy atom. The molecule has 21 heavy (non-hydrogen) atoms. The van der Waals surface area contributed by atoms with Crippen LogP contribution in [0.1, 0.15) is 29.9 Å². The van der Waals surface area contributed by atoms with E-state index >= 15 is 0 Å². The summed E-state index contributed by atoms with van der Waals surface area (Å²) in [7, 11) is 0. The van der Waals surface area contributed by atoms with Gasteiger partial charge in [0.1, 0.15) is 0 Å². The highest BCUT2D eigenvalue weighted by molar-refractivity contribution is 5.94. The molecular weight excluding hydrogens is 264 g/mol. The molecule has 5 nitrogen and oxygen atoms in total. The minimum absolute atomic E-state index is 0.0994. The van der Waals surface area contributed by atoms with E-state index in [2.05, 4.69) is 34.4 Å². The van der Waals surface area contributed by atoms with Crippen molar-refractivity contribution >= 4 is 11.6 Å². The Kier molecular flexibility index (Phi) is 5.26. The average molecular weight is 284 g/mol. The van der Waals surface area contributed by atoms with Gasteiger partial charge in [0.25, 0.3) is 5.91 Å². The summed E-state index contributed by atoms with van der Waals surface area (Å²) in [5.74, 6) is 0.324. The van der Waals surface area contributed by atoms with Crippen LogP contribution in [0, 0.1) is 5.92 Å². The second-order valence-corrected chi connectivity index (χ2v) is 5.24. The Morgan fingerprint density at radius 2 is 2.14 bits per heavy atom. The maximum atomic E-state index is 12.0. The molecular formula is C16H20N4O.